The number of nitrogens with two attached hydrogens (primary N) is 1. The van der Waals surface area contributed by atoms with Gasteiger partial charge in [0.2, 0.25) is 0 Å². The maximum Gasteiger partial charge on any atom is 0.0589 e. The Balaban J connectivity index is 1.68. The van der Waals surface area contributed by atoms with Crippen molar-refractivity contribution in [3.63, 3.8) is 0 Å². The van der Waals surface area contributed by atoms with Crippen LogP contribution in [-0.2, 0) is 4.74 Å². The molecule has 0 radical (unpaired) electrons. The van der Waals surface area contributed by atoms with E-state index in [0.29, 0.717) is 0 Å². The van der Waals surface area contributed by atoms with E-state index in [4.69, 9.17) is 10.5 Å². The Bertz CT molecular complexity index is 151. The highest BCUT2D eigenvalue weighted by atomic mass is 16.5. The topological polar surface area (TPSA) is 38.5 Å². The molecule has 2 atom stereocenters. The van der Waals surface area contributed by atoms with Gasteiger partial charge >= 0.3 is 0 Å². The summed E-state index contributed by atoms with van der Waals surface area (Å²) in [5.74, 6) is 2.70. The zero-order valence-electron chi connectivity index (χ0n) is 7.70. The van der Waals surface area contributed by atoms with Gasteiger partial charge in [-0.3, -0.25) is 0 Å². The van der Waals surface area contributed by atoms with Crippen LogP contribution in [0, 0.1) is 17.8 Å². The van der Waals surface area contributed by atoms with Crippen LogP contribution in [-0.4, -0.2) is 44.8 Å². The van der Waals surface area contributed by atoms with Crippen molar-refractivity contribution in [1.82, 2.24) is 4.90 Å². The van der Waals surface area contributed by atoms with Crippen LogP contribution in [0.15, 0.2) is 0 Å². The van der Waals surface area contributed by atoms with Crippen LogP contribution >= 0.6 is 0 Å². The lowest BCUT2D eigenvalue weighted by atomic mass is 10.2. The molecular weight excluding hydrogens is 152 g/mol. The summed E-state index contributed by atoms with van der Waals surface area (Å²) in [4.78, 5) is 2.49. The van der Waals surface area contributed by atoms with Crippen molar-refractivity contribution in [3.8, 4) is 0 Å². The van der Waals surface area contributed by atoms with Crippen LogP contribution in [0.2, 0.25) is 0 Å². The average molecular weight is 170 g/mol. The SMILES string of the molecule is COCCN1CC2C(CN)C2C1. The fourth-order valence-electron chi connectivity index (χ4n) is 2.49. The molecule has 0 spiro atoms. The minimum atomic E-state index is 0.851. The fraction of sp³-hybridized carbons (Fsp3) is 1.00. The van der Waals surface area contributed by atoms with Crippen molar-refractivity contribution in [2.24, 2.45) is 23.5 Å². The lowest BCUT2D eigenvalue weighted by Crippen LogP contribution is -2.29. The first-order chi connectivity index (χ1) is 5.86. The monoisotopic (exact) mass is 170 g/mol. The molecular formula is C9H18N2O. The average Bonchev–Trinajstić information content (AvgIpc) is 2.56. The number of nitrogens with zero attached hydrogens (tertiary/aromatic N) is 1. The number of methoxy groups -OCH3 is 1. The molecule has 2 unspecified atom stereocenters. The largest absolute Gasteiger partial charge is 0.383 e. The Morgan fingerprint density at radius 2 is 2.08 bits per heavy atom. The second-order valence-corrected chi connectivity index (χ2v) is 3.98. The Labute approximate surface area is 73.9 Å². The van der Waals surface area contributed by atoms with Crippen molar-refractivity contribution in [2.75, 3.05) is 39.9 Å². The zero-order chi connectivity index (χ0) is 8.55. The summed E-state index contributed by atoms with van der Waals surface area (Å²) in [6.45, 7) is 5.38. The summed E-state index contributed by atoms with van der Waals surface area (Å²) in [5.41, 5.74) is 5.63. The van der Waals surface area contributed by atoms with Gasteiger partial charge in [-0.1, -0.05) is 0 Å². The maximum atomic E-state index is 5.63. The molecule has 1 saturated carbocycles. The van der Waals surface area contributed by atoms with Gasteiger partial charge in [0, 0.05) is 26.7 Å². The van der Waals surface area contributed by atoms with E-state index in [1.165, 1.54) is 13.1 Å². The van der Waals surface area contributed by atoms with Crippen molar-refractivity contribution >= 4 is 0 Å². The first kappa shape index (κ1) is 8.48. The van der Waals surface area contributed by atoms with Gasteiger partial charge in [-0.25, -0.2) is 0 Å². The normalized spacial score (nSPS) is 40.0. The number of rotatable bonds is 4. The molecule has 0 aromatic rings. The smallest absolute Gasteiger partial charge is 0.0589 e. The number of hydrogen-bond acceptors (Lipinski definition) is 3. The van der Waals surface area contributed by atoms with Crippen LogP contribution in [0.5, 0.6) is 0 Å². The summed E-state index contributed by atoms with van der Waals surface area (Å²) < 4.78 is 5.04. The number of likely N-dealkylation sites (tertiary alicyclic amines) is 1. The minimum Gasteiger partial charge on any atom is -0.383 e. The van der Waals surface area contributed by atoms with E-state index >= 15 is 0 Å². The number of ether oxygens (including phenoxy) is 1. The second-order valence-electron chi connectivity index (χ2n) is 3.98. The van der Waals surface area contributed by atoms with Crippen molar-refractivity contribution < 1.29 is 4.74 Å². The quantitative estimate of drug-likeness (QED) is 0.633. The molecule has 1 heterocycles. The van der Waals surface area contributed by atoms with Crippen molar-refractivity contribution in [3.05, 3.63) is 0 Å². The lowest BCUT2D eigenvalue weighted by Gasteiger charge is -2.17. The summed E-state index contributed by atoms with van der Waals surface area (Å²) >= 11 is 0. The minimum absolute atomic E-state index is 0.851. The molecule has 2 fully saturated rings. The van der Waals surface area contributed by atoms with Gasteiger partial charge < -0.3 is 15.4 Å². The van der Waals surface area contributed by atoms with E-state index in [1.54, 1.807) is 7.11 Å². The van der Waals surface area contributed by atoms with E-state index in [0.717, 1.165) is 37.5 Å². The summed E-state index contributed by atoms with van der Waals surface area (Å²) in [5, 5.41) is 0. The Kier molecular flexibility index (Phi) is 2.35. The number of piperidine rings is 1. The highest BCUT2D eigenvalue weighted by Crippen LogP contribution is 2.50. The van der Waals surface area contributed by atoms with Crippen LogP contribution in [0.3, 0.4) is 0 Å². The maximum absolute atomic E-state index is 5.63. The van der Waals surface area contributed by atoms with Gasteiger partial charge in [0.1, 0.15) is 0 Å². The standard InChI is InChI=1S/C9H18N2O/c1-12-3-2-11-5-8-7(4-10)9(8)6-11/h7-9H,2-6,10H2,1H3. The molecule has 70 valence electrons. The van der Waals surface area contributed by atoms with Gasteiger partial charge in [0.25, 0.3) is 0 Å². The molecule has 12 heavy (non-hydrogen) atoms. The van der Waals surface area contributed by atoms with Gasteiger partial charge in [-0.15, -0.1) is 0 Å². The number of hydrogen-bond donors (Lipinski definition) is 1. The zero-order valence-corrected chi connectivity index (χ0v) is 7.70. The second kappa shape index (κ2) is 3.32. The van der Waals surface area contributed by atoms with Crippen LogP contribution in [0.1, 0.15) is 0 Å². The van der Waals surface area contributed by atoms with Crippen LogP contribution in [0.4, 0.5) is 0 Å². The lowest BCUT2D eigenvalue weighted by molar-refractivity contribution is 0.152. The predicted molar refractivity (Wildman–Crippen MR) is 47.8 cm³/mol. The Morgan fingerprint density at radius 1 is 1.42 bits per heavy atom. The molecule has 0 bridgehead atoms. The van der Waals surface area contributed by atoms with Gasteiger partial charge in [-0.2, -0.15) is 0 Å². The highest BCUT2D eigenvalue weighted by Gasteiger charge is 2.54. The Morgan fingerprint density at radius 3 is 2.58 bits per heavy atom. The van der Waals surface area contributed by atoms with Gasteiger partial charge in [0.15, 0.2) is 0 Å². The summed E-state index contributed by atoms with van der Waals surface area (Å²) in [6.07, 6.45) is 0. The summed E-state index contributed by atoms with van der Waals surface area (Å²) in [6, 6.07) is 0. The Hall–Kier alpha value is -0.120. The van der Waals surface area contributed by atoms with E-state index in [-0.39, 0.29) is 0 Å². The molecule has 0 aromatic carbocycles. The van der Waals surface area contributed by atoms with Crippen molar-refractivity contribution in [2.45, 2.75) is 0 Å². The van der Waals surface area contributed by atoms with E-state index in [2.05, 4.69) is 4.90 Å². The van der Waals surface area contributed by atoms with E-state index in [1.807, 2.05) is 0 Å². The number of fused-ring (bicyclic) bond motifs is 1. The molecule has 2 aliphatic rings. The third kappa shape index (κ3) is 1.37. The molecule has 2 N–H and O–H groups in total. The molecule has 1 saturated heterocycles. The van der Waals surface area contributed by atoms with Crippen LogP contribution < -0.4 is 5.73 Å². The molecule has 3 nitrogen and oxygen atoms in total. The van der Waals surface area contributed by atoms with Crippen LogP contribution in [0.25, 0.3) is 0 Å². The molecule has 2 rings (SSSR count). The first-order valence-electron chi connectivity index (χ1n) is 4.78. The highest BCUT2D eigenvalue weighted by molar-refractivity contribution is 5.05. The summed E-state index contributed by atoms with van der Waals surface area (Å²) in [7, 11) is 1.76. The first-order valence-corrected chi connectivity index (χ1v) is 4.78. The predicted octanol–water partition coefficient (Wildman–Crippen LogP) is -0.231. The van der Waals surface area contributed by atoms with E-state index < -0.39 is 0 Å². The molecule has 1 aliphatic heterocycles. The molecule has 0 amide bonds. The fourth-order valence-corrected chi connectivity index (χ4v) is 2.49. The molecule has 0 aromatic heterocycles. The van der Waals surface area contributed by atoms with Gasteiger partial charge in [0.05, 0.1) is 6.61 Å². The molecule has 1 aliphatic carbocycles. The third-order valence-electron chi connectivity index (χ3n) is 3.33. The van der Waals surface area contributed by atoms with Gasteiger partial charge in [-0.05, 0) is 24.3 Å². The molecule has 3 heteroatoms. The van der Waals surface area contributed by atoms with E-state index in [9.17, 15) is 0 Å². The van der Waals surface area contributed by atoms with Crippen molar-refractivity contribution in [1.29, 1.82) is 0 Å². The third-order valence-corrected chi connectivity index (χ3v) is 3.33.